The third-order valence-electron chi connectivity index (χ3n) is 3.46. The highest BCUT2D eigenvalue weighted by Gasteiger charge is 2.50. The molecule has 0 spiro atoms. The summed E-state index contributed by atoms with van der Waals surface area (Å²) in [7, 11) is 0. The van der Waals surface area contributed by atoms with Crippen molar-refractivity contribution in [2.45, 2.75) is 25.1 Å². The Morgan fingerprint density at radius 1 is 1.36 bits per heavy atom. The van der Waals surface area contributed by atoms with E-state index in [0.717, 1.165) is 0 Å². The van der Waals surface area contributed by atoms with Crippen LogP contribution in [0.3, 0.4) is 0 Å². The maximum absolute atomic E-state index is 3.71. The summed E-state index contributed by atoms with van der Waals surface area (Å²) in [5, 5.41) is 0. The second kappa shape index (κ2) is 2.01. The predicted octanol–water partition coefficient (Wildman–Crippen LogP) is 3.29. The summed E-state index contributed by atoms with van der Waals surface area (Å²) in [6, 6.07) is 0. The van der Waals surface area contributed by atoms with Gasteiger partial charge in [-0.25, -0.2) is 0 Å². The Kier molecular flexibility index (Phi) is 1.39. The molecule has 0 nitrogen and oxygen atoms in total. The van der Waals surface area contributed by atoms with Crippen LogP contribution in [-0.4, -0.2) is 4.83 Å². The maximum Gasteiger partial charge on any atom is 0.0393 e. The summed E-state index contributed by atoms with van der Waals surface area (Å²) >= 11 is 3.71. The molecule has 0 aliphatic heterocycles. The van der Waals surface area contributed by atoms with Crippen molar-refractivity contribution in [2.24, 2.45) is 10.8 Å². The van der Waals surface area contributed by atoms with Gasteiger partial charge in [-0.2, -0.15) is 0 Å². The molecule has 0 aromatic carbocycles. The summed E-state index contributed by atoms with van der Waals surface area (Å²) in [5.74, 6) is 0. The zero-order chi connectivity index (χ0) is 8.11. The third kappa shape index (κ3) is 0.752. The van der Waals surface area contributed by atoms with Crippen LogP contribution in [0.25, 0.3) is 0 Å². The van der Waals surface area contributed by atoms with Gasteiger partial charge in [0.1, 0.15) is 0 Å². The van der Waals surface area contributed by atoms with Crippen molar-refractivity contribution in [3.05, 3.63) is 24.3 Å². The first-order valence-electron chi connectivity index (χ1n) is 4.10. The Labute approximate surface area is 76.5 Å². The van der Waals surface area contributed by atoms with Crippen molar-refractivity contribution >= 4 is 15.9 Å². The van der Waals surface area contributed by atoms with Crippen LogP contribution in [0.4, 0.5) is 0 Å². The standard InChI is InChI=1S/C10H13Br/c1-9-5-3-6-10(9,2)8(11)4-7-9/h3-5,7-8H,6H2,1-2H3/t8?,9-,10+/m1/s1. The lowest BCUT2D eigenvalue weighted by atomic mass is 9.70. The van der Waals surface area contributed by atoms with Crippen LogP contribution in [-0.2, 0) is 0 Å². The van der Waals surface area contributed by atoms with Crippen molar-refractivity contribution in [2.75, 3.05) is 0 Å². The molecule has 1 unspecified atom stereocenters. The van der Waals surface area contributed by atoms with Crippen LogP contribution in [0.1, 0.15) is 20.3 Å². The number of fused-ring (bicyclic) bond motifs is 1. The van der Waals surface area contributed by atoms with Gasteiger partial charge in [0.15, 0.2) is 0 Å². The van der Waals surface area contributed by atoms with Crippen LogP contribution in [0.2, 0.25) is 0 Å². The minimum absolute atomic E-state index is 0.307. The third-order valence-corrected chi connectivity index (χ3v) is 4.77. The van der Waals surface area contributed by atoms with Crippen LogP contribution in [0.15, 0.2) is 24.3 Å². The van der Waals surface area contributed by atoms with Gasteiger partial charge in [0.25, 0.3) is 0 Å². The normalized spacial score (nSPS) is 53.5. The summed E-state index contributed by atoms with van der Waals surface area (Å²) in [4.78, 5) is 0.551. The van der Waals surface area contributed by atoms with E-state index in [1.165, 1.54) is 6.42 Å². The lowest BCUT2D eigenvalue weighted by Gasteiger charge is -2.36. The average molecular weight is 213 g/mol. The molecule has 0 radical (unpaired) electrons. The molecule has 11 heavy (non-hydrogen) atoms. The van der Waals surface area contributed by atoms with Crippen molar-refractivity contribution < 1.29 is 0 Å². The summed E-state index contributed by atoms with van der Waals surface area (Å²) in [5.41, 5.74) is 0.703. The van der Waals surface area contributed by atoms with Gasteiger partial charge in [-0.3, -0.25) is 0 Å². The number of rotatable bonds is 0. The molecule has 3 atom stereocenters. The lowest BCUT2D eigenvalue weighted by molar-refractivity contribution is 0.228. The largest absolute Gasteiger partial charge is 0.0870 e. The summed E-state index contributed by atoms with van der Waals surface area (Å²) < 4.78 is 0. The second-order valence-electron chi connectivity index (χ2n) is 4.07. The number of hydrogen-bond acceptors (Lipinski definition) is 0. The lowest BCUT2D eigenvalue weighted by Crippen LogP contribution is -2.33. The van der Waals surface area contributed by atoms with Gasteiger partial charge in [0.05, 0.1) is 0 Å². The van der Waals surface area contributed by atoms with Gasteiger partial charge < -0.3 is 0 Å². The van der Waals surface area contributed by atoms with Gasteiger partial charge in [-0.15, -0.1) is 0 Å². The molecular formula is C10H13Br. The van der Waals surface area contributed by atoms with Crippen LogP contribution >= 0.6 is 15.9 Å². The van der Waals surface area contributed by atoms with Crippen molar-refractivity contribution in [3.63, 3.8) is 0 Å². The van der Waals surface area contributed by atoms with E-state index in [2.05, 4.69) is 54.1 Å². The van der Waals surface area contributed by atoms with Crippen LogP contribution in [0.5, 0.6) is 0 Å². The highest BCUT2D eigenvalue weighted by molar-refractivity contribution is 9.09. The highest BCUT2D eigenvalue weighted by Crippen LogP contribution is 2.57. The quantitative estimate of drug-likeness (QED) is 0.427. The van der Waals surface area contributed by atoms with Crippen molar-refractivity contribution in [1.82, 2.24) is 0 Å². The van der Waals surface area contributed by atoms with E-state index in [9.17, 15) is 0 Å². The fourth-order valence-electron chi connectivity index (χ4n) is 2.11. The van der Waals surface area contributed by atoms with E-state index < -0.39 is 0 Å². The molecule has 0 bridgehead atoms. The first-order chi connectivity index (χ1) is 5.08. The predicted molar refractivity (Wildman–Crippen MR) is 51.8 cm³/mol. The molecule has 2 aliphatic carbocycles. The van der Waals surface area contributed by atoms with E-state index in [0.29, 0.717) is 15.7 Å². The van der Waals surface area contributed by atoms with E-state index >= 15 is 0 Å². The zero-order valence-corrected chi connectivity index (χ0v) is 8.56. The second-order valence-corrected chi connectivity index (χ2v) is 5.05. The minimum atomic E-state index is 0.307. The number of alkyl halides is 1. The SMILES string of the molecule is C[C@]12C=CC[C@@]1(C)C(Br)C=C2. The number of allylic oxidation sites excluding steroid dienone is 4. The minimum Gasteiger partial charge on any atom is -0.0870 e. The highest BCUT2D eigenvalue weighted by atomic mass is 79.9. The summed E-state index contributed by atoms with van der Waals surface area (Å²) in [6.45, 7) is 4.67. The first kappa shape index (κ1) is 7.60. The Bertz CT molecular complexity index is 241. The van der Waals surface area contributed by atoms with Gasteiger partial charge in [0.2, 0.25) is 0 Å². The molecule has 0 heterocycles. The molecule has 0 aromatic heterocycles. The molecule has 60 valence electrons. The Hall–Kier alpha value is -0.0400. The fraction of sp³-hybridized carbons (Fsp3) is 0.600. The van der Waals surface area contributed by atoms with Gasteiger partial charge in [-0.1, -0.05) is 54.1 Å². The molecular weight excluding hydrogens is 200 g/mol. The molecule has 0 saturated carbocycles. The van der Waals surface area contributed by atoms with Gasteiger partial charge in [0, 0.05) is 10.2 Å². The van der Waals surface area contributed by atoms with Crippen LogP contribution in [0, 0.1) is 10.8 Å². The Balaban J connectivity index is 2.45. The average Bonchev–Trinajstić information content (AvgIpc) is 2.34. The molecule has 2 rings (SSSR count). The van der Waals surface area contributed by atoms with E-state index in [-0.39, 0.29) is 0 Å². The monoisotopic (exact) mass is 212 g/mol. The van der Waals surface area contributed by atoms with Gasteiger partial charge in [-0.05, 0) is 11.8 Å². The molecule has 0 aromatic rings. The van der Waals surface area contributed by atoms with E-state index in [4.69, 9.17) is 0 Å². The molecule has 1 heteroatoms. The first-order valence-corrected chi connectivity index (χ1v) is 5.01. The topological polar surface area (TPSA) is 0 Å². The number of hydrogen-bond donors (Lipinski definition) is 0. The molecule has 2 aliphatic rings. The van der Waals surface area contributed by atoms with E-state index in [1.54, 1.807) is 0 Å². The molecule has 0 fully saturated rings. The van der Waals surface area contributed by atoms with Crippen molar-refractivity contribution in [1.29, 1.82) is 0 Å². The summed E-state index contributed by atoms with van der Waals surface area (Å²) in [6.07, 6.45) is 10.5. The Morgan fingerprint density at radius 3 is 2.73 bits per heavy atom. The molecule has 0 N–H and O–H groups in total. The van der Waals surface area contributed by atoms with E-state index in [1.807, 2.05) is 0 Å². The zero-order valence-electron chi connectivity index (χ0n) is 6.97. The maximum atomic E-state index is 3.71. The van der Waals surface area contributed by atoms with Gasteiger partial charge >= 0.3 is 0 Å². The fourth-order valence-corrected chi connectivity index (χ4v) is 2.94. The number of halogens is 1. The smallest absolute Gasteiger partial charge is 0.0393 e. The molecule has 0 amide bonds. The Morgan fingerprint density at radius 2 is 2.09 bits per heavy atom. The van der Waals surface area contributed by atoms with Crippen molar-refractivity contribution in [3.8, 4) is 0 Å². The van der Waals surface area contributed by atoms with Crippen LogP contribution < -0.4 is 0 Å². The molecule has 0 saturated heterocycles.